The fourth-order valence-corrected chi connectivity index (χ4v) is 3.86. The molecule has 0 amide bonds. The van der Waals surface area contributed by atoms with E-state index in [0.717, 1.165) is 45.1 Å². The second kappa shape index (κ2) is 9.14. The molecule has 1 atom stereocenters. The van der Waals surface area contributed by atoms with Gasteiger partial charge < -0.3 is 24.1 Å². The molecule has 1 heterocycles. The summed E-state index contributed by atoms with van der Waals surface area (Å²) in [5.41, 5.74) is 5.25. The van der Waals surface area contributed by atoms with Gasteiger partial charge in [0.25, 0.3) is 0 Å². The molecule has 0 spiro atoms. The molecule has 0 fully saturated rings. The number of benzene rings is 3. The maximum atomic E-state index is 8.98. The predicted octanol–water partition coefficient (Wildman–Crippen LogP) is 5.14. The SMILES string of the molecule is COc1cccc(C2=C(C)c3cc(OC)ccc3OC2c2ccc(OCCO)cc2)c1. The van der Waals surface area contributed by atoms with Crippen molar-refractivity contribution in [2.45, 2.75) is 13.0 Å². The molecule has 0 radical (unpaired) electrons. The van der Waals surface area contributed by atoms with Crippen LogP contribution in [0.2, 0.25) is 0 Å². The first kappa shape index (κ1) is 20.8. The monoisotopic (exact) mass is 418 g/mol. The fourth-order valence-electron chi connectivity index (χ4n) is 3.86. The highest BCUT2D eigenvalue weighted by Gasteiger charge is 2.29. The number of hydrogen-bond donors (Lipinski definition) is 1. The second-order valence-corrected chi connectivity index (χ2v) is 7.27. The van der Waals surface area contributed by atoms with Gasteiger partial charge in [0.2, 0.25) is 0 Å². The second-order valence-electron chi connectivity index (χ2n) is 7.27. The molecule has 0 bridgehead atoms. The van der Waals surface area contributed by atoms with Crippen molar-refractivity contribution in [1.82, 2.24) is 0 Å². The first-order valence-corrected chi connectivity index (χ1v) is 10.2. The van der Waals surface area contributed by atoms with Gasteiger partial charge in [0, 0.05) is 11.1 Å². The summed E-state index contributed by atoms with van der Waals surface area (Å²) in [7, 11) is 3.33. The predicted molar refractivity (Wildman–Crippen MR) is 121 cm³/mol. The average Bonchev–Trinajstić information content (AvgIpc) is 2.82. The molecular formula is C26H26O5. The number of hydrogen-bond acceptors (Lipinski definition) is 5. The number of rotatable bonds is 7. The van der Waals surface area contributed by atoms with Crippen LogP contribution in [0.1, 0.15) is 29.7 Å². The van der Waals surface area contributed by atoms with Crippen LogP contribution in [0.4, 0.5) is 0 Å². The molecule has 1 aliphatic rings. The minimum Gasteiger partial charge on any atom is -0.497 e. The molecule has 5 heteroatoms. The van der Waals surface area contributed by atoms with Crippen LogP contribution in [0.25, 0.3) is 11.1 Å². The van der Waals surface area contributed by atoms with Crippen LogP contribution in [0, 0.1) is 0 Å². The summed E-state index contributed by atoms with van der Waals surface area (Å²) in [6.45, 7) is 2.36. The van der Waals surface area contributed by atoms with Crippen LogP contribution < -0.4 is 18.9 Å². The zero-order chi connectivity index (χ0) is 21.8. The lowest BCUT2D eigenvalue weighted by molar-refractivity contribution is 0.201. The molecule has 3 aromatic rings. The van der Waals surface area contributed by atoms with Crippen molar-refractivity contribution in [3.63, 3.8) is 0 Å². The third kappa shape index (κ3) is 4.23. The summed E-state index contributed by atoms with van der Waals surface area (Å²) in [4.78, 5) is 0. The van der Waals surface area contributed by atoms with E-state index in [4.69, 9.17) is 24.1 Å². The van der Waals surface area contributed by atoms with E-state index in [9.17, 15) is 0 Å². The third-order valence-corrected chi connectivity index (χ3v) is 5.43. The Morgan fingerprint density at radius 1 is 0.871 bits per heavy atom. The number of allylic oxidation sites excluding steroid dienone is 1. The van der Waals surface area contributed by atoms with E-state index in [1.165, 1.54) is 0 Å². The zero-order valence-electron chi connectivity index (χ0n) is 17.9. The third-order valence-electron chi connectivity index (χ3n) is 5.43. The van der Waals surface area contributed by atoms with E-state index in [1.807, 2.05) is 60.7 Å². The maximum Gasteiger partial charge on any atom is 0.150 e. The van der Waals surface area contributed by atoms with Crippen molar-refractivity contribution >= 4 is 11.1 Å². The highest BCUT2D eigenvalue weighted by molar-refractivity contribution is 5.95. The first-order valence-electron chi connectivity index (χ1n) is 10.2. The first-order chi connectivity index (χ1) is 15.1. The molecule has 160 valence electrons. The summed E-state index contributed by atoms with van der Waals surface area (Å²) in [6.07, 6.45) is -0.292. The lowest BCUT2D eigenvalue weighted by Crippen LogP contribution is -2.16. The summed E-state index contributed by atoms with van der Waals surface area (Å²) in [6, 6.07) is 21.7. The molecular weight excluding hydrogens is 392 g/mol. The Morgan fingerprint density at radius 2 is 1.58 bits per heavy atom. The zero-order valence-corrected chi connectivity index (χ0v) is 17.9. The minimum atomic E-state index is -0.292. The molecule has 5 nitrogen and oxygen atoms in total. The Kier molecular flexibility index (Phi) is 6.14. The Bertz CT molecular complexity index is 1090. The lowest BCUT2D eigenvalue weighted by atomic mass is 9.86. The van der Waals surface area contributed by atoms with Gasteiger partial charge in [0.05, 0.1) is 20.8 Å². The van der Waals surface area contributed by atoms with Gasteiger partial charge in [-0.3, -0.25) is 0 Å². The van der Waals surface area contributed by atoms with Gasteiger partial charge in [-0.05, 0) is 66.1 Å². The van der Waals surface area contributed by atoms with E-state index < -0.39 is 0 Å². The number of methoxy groups -OCH3 is 2. The molecule has 4 rings (SSSR count). The Balaban J connectivity index is 1.82. The van der Waals surface area contributed by atoms with Crippen LogP contribution in [-0.4, -0.2) is 32.5 Å². The van der Waals surface area contributed by atoms with Crippen LogP contribution in [0.3, 0.4) is 0 Å². The normalized spacial score (nSPS) is 15.2. The topological polar surface area (TPSA) is 57.2 Å². The molecule has 0 aliphatic carbocycles. The van der Waals surface area contributed by atoms with E-state index in [0.29, 0.717) is 5.75 Å². The lowest BCUT2D eigenvalue weighted by Gasteiger charge is -2.31. The molecule has 1 N–H and O–H groups in total. The van der Waals surface area contributed by atoms with Crippen molar-refractivity contribution in [3.8, 4) is 23.0 Å². The van der Waals surface area contributed by atoms with E-state index >= 15 is 0 Å². The van der Waals surface area contributed by atoms with Crippen LogP contribution in [0.5, 0.6) is 23.0 Å². The number of fused-ring (bicyclic) bond motifs is 1. The fraction of sp³-hybridized carbons (Fsp3) is 0.231. The molecule has 0 aromatic heterocycles. The maximum absolute atomic E-state index is 8.98. The number of aliphatic hydroxyl groups is 1. The van der Waals surface area contributed by atoms with Crippen molar-refractivity contribution in [2.75, 3.05) is 27.4 Å². The van der Waals surface area contributed by atoms with Crippen molar-refractivity contribution in [1.29, 1.82) is 0 Å². The Hall–Kier alpha value is -3.44. The highest BCUT2D eigenvalue weighted by atomic mass is 16.5. The Morgan fingerprint density at radius 3 is 2.29 bits per heavy atom. The smallest absolute Gasteiger partial charge is 0.150 e. The minimum absolute atomic E-state index is 0.0182. The van der Waals surface area contributed by atoms with Crippen molar-refractivity contribution in [3.05, 3.63) is 83.4 Å². The van der Waals surface area contributed by atoms with Gasteiger partial charge in [0.15, 0.2) is 0 Å². The van der Waals surface area contributed by atoms with E-state index in [2.05, 4.69) is 13.0 Å². The Labute approximate surface area is 182 Å². The van der Waals surface area contributed by atoms with E-state index in [1.54, 1.807) is 14.2 Å². The quantitative estimate of drug-likeness (QED) is 0.576. The molecule has 1 aliphatic heterocycles. The molecule has 31 heavy (non-hydrogen) atoms. The van der Waals surface area contributed by atoms with Gasteiger partial charge in [0.1, 0.15) is 35.7 Å². The van der Waals surface area contributed by atoms with Gasteiger partial charge in [-0.1, -0.05) is 24.3 Å². The van der Waals surface area contributed by atoms with Crippen molar-refractivity contribution < 1.29 is 24.1 Å². The molecule has 3 aromatic carbocycles. The van der Waals surface area contributed by atoms with Gasteiger partial charge in [-0.25, -0.2) is 0 Å². The van der Waals surface area contributed by atoms with Crippen LogP contribution >= 0.6 is 0 Å². The van der Waals surface area contributed by atoms with Gasteiger partial charge in [-0.15, -0.1) is 0 Å². The average molecular weight is 418 g/mol. The number of ether oxygens (including phenoxy) is 4. The van der Waals surface area contributed by atoms with Crippen molar-refractivity contribution in [2.24, 2.45) is 0 Å². The van der Waals surface area contributed by atoms with Gasteiger partial charge in [-0.2, -0.15) is 0 Å². The molecule has 1 unspecified atom stereocenters. The van der Waals surface area contributed by atoms with Gasteiger partial charge >= 0.3 is 0 Å². The summed E-state index contributed by atoms with van der Waals surface area (Å²) in [5.74, 6) is 3.11. The van der Waals surface area contributed by atoms with Crippen LogP contribution in [-0.2, 0) is 0 Å². The standard InChI is InChI=1S/C26H26O5/c1-17-23-16-22(29-3)11-12-24(23)31-26(18-7-9-20(10-8-18)30-14-13-27)25(17)19-5-4-6-21(15-19)28-2/h4-12,15-16,26-27H,13-14H2,1-3H3. The largest absolute Gasteiger partial charge is 0.497 e. The molecule has 0 saturated carbocycles. The summed E-state index contributed by atoms with van der Waals surface area (Å²) >= 11 is 0. The summed E-state index contributed by atoms with van der Waals surface area (Å²) in [5, 5.41) is 8.98. The van der Waals surface area contributed by atoms with Crippen LogP contribution in [0.15, 0.2) is 66.7 Å². The summed E-state index contributed by atoms with van der Waals surface area (Å²) < 4.78 is 22.9. The highest BCUT2D eigenvalue weighted by Crippen LogP contribution is 2.47. The van der Waals surface area contributed by atoms with E-state index in [-0.39, 0.29) is 19.3 Å². The number of aliphatic hydroxyl groups excluding tert-OH is 1. The molecule has 0 saturated heterocycles.